The minimum atomic E-state index is -4.70. The minimum Gasteiger partial charge on any atom is -0.326 e. The number of amides is 1. The van der Waals surface area contributed by atoms with Gasteiger partial charge in [0, 0.05) is 12.6 Å². The van der Waals surface area contributed by atoms with Crippen molar-refractivity contribution in [2.75, 3.05) is 16.2 Å². The molecule has 0 aliphatic carbocycles. The number of benzene rings is 2. The molecule has 28 heavy (non-hydrogen) atoms. The van der Waals surface area contributed by atoms with Crippen LogP contribution in [0.1, 0.15) is 12.5 Å². The predicted molar refractivity (Wildman–Crippen MR) is 97.6 cm³/mol. The van der Waals surface area contributed by atoms with Crippen molar-refractivity contribution in [3.63, 3.8) is 0 Å². The van der Waals surface area contributed by atoms with Crippen LogP contribution in [0.15, 0.2) is 53.4 Å². The number of halogens is 4. The number of nitrogens with zero attached hydrogens (tertiary/aromatic N) is 1. The van der Waals surface area contributed by atoms with Gasteiger partial charge in [0.1, 0.15) is 6.54 Å². The van der Waals surface area contributed by atoms with Crippen LogP contribution in [0, 0.1) is 0 Å². The molecule has 1 amide bonds. The Morgan fingerprint density at radius 3 is 2.21 bits per heavy atom. The van der Waals surface area contributed by atoms with E-state index in [-0.39, 0.29) is 16.5 Å². The van der Waals surface area contributed by atoms with Gasteiger partial charge in [0.15, 0.2) is 0 Å². The van der Waals surface area contributed by atoms with E-state index in [2.05, 4.69) is 5.32 Å². The van der Waals surface area contributed by atoms with Gasteiger partial charge in [0.05, 0.1) is 16.1 Å². The number of rotatable bonds is 6. The Morgan fingerprint density at radius 1 is 1.11 bits per heavy atom. The van der Waals surface area contributed by atoms with E-state index in [1.54, 1.807) is 0 Å². The molecular weight excluding hydrogens is 421 g/mol. The summed E-state index contributed by atoms with van der Waals surface area (Å²) in [4.78, 5) is 22.1. The van der Waals surface area contributed by atoms with Gasteiger partial charge in [-0.3, -0.25) is 13.9 Å². The zero-order valence-electron chi connectivity index (χ0n) is 14.3. The second-order valence-corrected chi connectivity index (χ2v) is 7.90. The predicted octanol–water partition coefficient (Wildman–Crippen LogP) is 3.62. The van der Waals surface area contributed by atoms with Crippen LogP contribution in [0.5, 0.6) is 0 Å². The van der Waals surface area contributed by atoms with Gasteiger partial charge < -0.3 is 5.32 Å². The number of hydrogen-bond donors (Lipinski definition) is 1. The summed E-state index contributed by atoms with van der Waals surface area (Å²) in [5, 5.41) is 1.38. The smallest absolute Gasteiger partial charge is 0.326 e. The second kappa shape index (κ2) is 8.19. The Hall–Kier alpha value is -2.59. The van der Waals surface area contributed by atoms with Crippen molar-refractivity contribution in [3.8, 4) is 0 Å². The first-order valence-electron chi connectivity index (χ1n) is 7.67. The largest absolute Gasteiger partial charge is 0.416 e. The Morgan fingerprint density at radius 2 is 1.71 bits per heavy atom. The summed E-state index contributed by atoms with van der Waals surface area (Å²) in [6, 6.07) is 8.46. The lowest BCUT2D eigenvalue weighted by Crippen LogP contribution is -2.34. The highest BCUT2D eigenvalue weighted by Crippen LogP contribution is 2.33. The van der Waals surface area contributed by atoms with Crippen molar-refractivity contribution < 1.29 is 31.2 Å². The number of sulfonamides is 1. The summed E-state index contributed by atoms with van der Waals surface area (Å²) >= 11 is 5.31. The maximum atomic E-state index is 13.0. The van der Waals surface area contributed by atoms with Crippen LogP contribution in [-0.4, -0.2) is 26.1 Å². The fourth-order valence-electron chi connectivity index (χ4n) is 2.31. The molecule has 0 heterocycles. The lowest BCUT2D eigenvalue weighted by atomic mass is 10.2. The molecule has 0 spiro atoms. The lowest BCUT2D eigenvalue weighted by molar-refractivity contribution is -0.137. The molecule has 0 aromatic heterocycles. The summed E-state index contributed by atoms with van der Waals surface area (Å²) in [6.07, 6.45) is -4.70. The van der Waals surface area contributed by atoms with Crippen LogP contribution in [0.4, 0.5) is 24.5 Å². The molecule has 0 atom stereocenters. The first-order valence-corrected chi connectivity index (χ1v) is 9.49. The third kappa shape index (κ3) is 5.23. The van der Waals surface area contributed by atoms with Gasteiger partial charge in [-0.2, -0.15) is 13.2 Å². The maximum Gasteiger partial charge on any atom is 0.416 e. The maximum absolute atomic E-state index is 13.0. The van der Waals surface area contributed by atoms with Gasteiger partial charge in [-0.25, -0.2) is 8.42 Å². The lowest BCUT2D eigenvalue weighted by Gasteiger charge is -2.24. The average Bonchev–Trinajstić information content (AvgIpc) is 2.59. The van der Waals surface area contributed by atoms with Crippen molar-refractivity contribution >= 4 is 44.1 Å². The van der Waals surface area contributed by atoms with E-state index in [0.717, 1.165) is 30.3 Å². The van der Waals surface area contributed by atoms with Crippen molar-refractivity contribution in [3.05, 3.63) is 54.1 Å². The second-order valence-electron chi connectivity index (χ2n) is 5.62. The molecule has 0 saturated heterocycles. The van der Waals surface area contributed by atoms with Crippen molar-refractivity contribution in [2.24, 2.45) is 0 Å². The molecule has 2 aromatic rings. The van der Waals surface area contributed by atoms with Crippen LogP contribution in [0.2, 0.25) is 0 Å². The van der Waals surface area contributed by atoms with Gasteiger partial charge >= 0.3 is 6.18 Å². The Kier molecular flexibility index (Phi) is 6.35. The average molecular weight is 435 g/mol. The topological polar surface area (TPSA) is 83.6 Å². The van der Waals surface area contributed by atoms with Gasteiger partial charge in [-0.1, -0.05) is 6.07 Å². The summed E-state index contributed by atoms with van der Waals surface area (Å²) in [5.41, 5.74) is -1.12. The van der Waals surface area contributed by atoms with E-state index in [4.69, 9.17) is 11.6 Å². The van der Waals surface area contributed by atoms with Crippen LogP contribution >= 0.6 is 11.6 Å². The molecule has 6 nitrogen and oxygen atoms in total. The summed E-state index contributed by atoms with van der Waals surface area (Å²) < 4.78 is 65.2. The van der Waals surface area contributed by atoms with Gasteiger partial charge in [-0.05, 0) is 54.1 Å². The van der Waals surface area contributed by atoms with E-state index >= 15 is 0 Å². The summed E-state index contributed by atoms with van der Waals surface area (Å²) in [6.45, 7) is 0.407. The fraction of sp³-hybridized carbons (Fsp3) is 0.176. The van der Waals surface area contributed by atoms with Crippen LogP contribution in [-0.2, 0) is 25.8 Å². The van der Waals surface area contributed by atoms with Crippen molar-refractivity contribution in [2.45, 2.75) is 18.0 Å². The first-order chi connectivity index (χ1) is 12.9. The summed E-state index contributed by atoms with van der Waals surface area (Å²) in [5.74, 6) is -0.367. The Bertz CT molecular complexity index is 992. The third-order valence-corrected chi connectivity index (χ3v) is 5.40. The van der Waals surface area contributed by atoms with E-state index < -0.39 is 33.6 Å². The monoisotopic (exact) mass is 434 g/mol. The molecule has 0 aliphatic rings. The highest BCUT2D eigenvalue weighted by molar-refractivity contribution is 7.92. The summed E-state index contributed by atoms with van der Waals surface area (Å²) in [7, 11) is -4.41. The fourth-order valence-corrected chi connectivity index (χ4v) is 3.91. The van der Waals surface area contributed by atoms with Crippen molar-refractivity contribution in [1.29, 1.82) is 0 Å². The number of nitrogens with one attached hydrogen (secondary N) is 1. The standard InChI is InChI=1S/C17H14ClF3N2O4S/c1-11(24)22-13-5-7-15(8-6-13)28(26,27)23(10-16(18)25)14-4-2-3-12(9-14)17(19,20)21/h2-9H,10H2,1H3,(H,22,24). The van der Waals surface area contributed by atoms with Gasteiger partial charge in [-0.15, -0.1) is 0 Å². The molecule has 0 bridgehead atoms. The molecule has 0 aliphatic heterocycles. The molecule has 2 aromatic carbocycles. The molecule has 1 N–H and O–H groups in total. The molecule has 0 fully saturated rings. The number of alkyl halides is 3. The van der Waals surface area contributed by atoms with Crippen molar-refractivity contribution in [1.82, 2.24) is 0 Å². The van der Waals surface area contributed by atoms with E-state index in [1.807, 2.05) is 0 Å². The zero-order valence-corrected chi connectivity index (χ0v) is 15.9. The van der Waals surface area contributed by atoms with Crippen LogP contribution in [0.25, 0.3) is 0 Å². The quantitative estimate of drug-likeness (QED) is 0.704. The molecular formula is C17H14ClF3N2O4S. The molecule has 0 saturated carbocycles. The number of carbonyl (C=O) groups excluding carboxylic acids is 2. The van der Waals surface area contributed by atoms with Gasteiger partial charge in [0.25, 0.3) is 10.0 Å². The number of hydrogen-bond acceptors (Lipinski definition) is 4. The van der Waals surface area contributed by atoms with Crippen LogP contribution in [0.3, 0.4) is 0 Å². The highest BCUT2D eigenvalue weighted by Gasteiger charge is 2.33. The normalized spacial score (nSPS) is 11.8. The number of carbonyl (C=O) groups is 2. The van der Waals surface area contributed by atoms with Gasteiger partial charge in [0.2, 0.25) is 11.1 Å². The molecule has 150 valence electrons. The molecule has 0 radical (unpaired) electrons. The van der Waals surface area contributed by atoms with E-state index in [0.29, 0.717) is 16.1 Å². The van der Waals surface area contributed by atoms with E-state index in [1.165, 1.54) is 19.1 Å². The molecule has 2 rings (SSSR count). The molecule has 11 heteroatoms. The SMILES string of the molecule is CC(=O)Nc1ccc(S(=O)(=O)N(CC(=O)Cl)c2cccc(C(F)(F)F)c2)cc1. The molecule has 0 unspecified atom stereocenters. The first kappa shape index (κ1) is 21.7. The Balaban J connectivity index is 2.50. The Labute approximate surface area is 164 Å². The number of anilines is 2. The zero-order chi connectivity index (χ0) is 21.1. The highest BCUT2D eigenvalue weighted by atomic mass is 35.5. The minimum absolute atomic E-state index is 0.295. The van der Waals surface area contributed by atoms with E-state index in [9.17, 15) is 31.2 Å². The van der Waals surface area contributed by atoms with Crippen LogP contribution < -0.4 is 9.62 Å². The third-order valence-electron chi connectivity index (χ3n) is 3.49.